The fourth-order valence-electron chi connectivity index (χ4n) is 3.31. The van der Waals surface area contributed by atoms with E-state index in [-0.39, 0.29) is 44.2 Å². The molecule has 0 aliphatic heterocycles. The second-order valence-electron chi connectivity index (χ2n) is 9.65. The molecule has 0 saturated heterocycles. The summed E-state index contributed by atoms with van der Waals surface area (Å²) < 4.78 is 10.7. The predicted octanol–water partition coefficient (Wildman–Crippen LogP) is 3.36. The fraction of sp³-hybridized carbons (Fsp3) is 0.393. The molecule has 0 saturated carbocycles. The van der Waals surface area contributed by atoms with Crippen molar-refractivity contribution in [2.24, 2.45) is 16.8 Å². The molecule has 10 heteroatoms. The van der Waals surface area contributed by atoms with E-state index in [2.05, 4.69) is 15.3 Å². The Labute approximate surface area is 222 Å². The number of benzene rings is 2. The number of oxime groups is 1. The van der Waals surface area contributed by atoms with Crippen LogP contribution in [0.5, 0.6) is 0 Å². The number of carbonyl (C=O) groups is 4. The van der Waals surface area contributed by atoms with Gasteiger partial charge >= 0.3 is 17.9 Å². The van der Waals surface area contributed by atoms with Crippen molar-refractivity contribution in [3.8, 4) is 0 Å². The van der Waals surface area contributed by atoms with Gasteiger partial charge in [-0.15, -0.1) is 0 Å². The standard InChI is InChI=1S/C28H35N3O7/c1-19(32)38-31-26(29)22-12-10-20(11-13-22)17-30-27(35)23(16-25(34)37-28(2,3)4)14-15-24(33)36-18-21-8-6-5-7-9-21/h5-13,23H,14-18H2,1-4H3,(H2,29,31)(H,30,35)/t23-/m1/s1. The Morgan fingerprint density at radius 1 is 0.947 bits per heavy atom. The number of nitrogens with zero attached hydrogens (tertiary/aromatic N) is 1. The van der Waals surface area contributed by atoms with Gasteiger partial charge in [-0.3, -0.25) is 14.4 Å². The van der Waals surface area contributed by atoms with Crippen LogP contribution in [0.25, 0.3) is 0 Å². The van der Waals surface area contributed by atoms with E-state index in [9.17, 15) is 19.2 Å². The lowest BCUT2D eigenvalue weighted by atomic mass is 9.98. The summed E-state index contributed by atoms with van der Waals surface area (Å²) in [5.74, 6) is -2.70. The molecule has 0 radical (unpaired) electrons. The normalized spacial score (nSPS) is 12.3. The molecule has 0 fully saturated rings. The van der Waals surface area contributed by atoms with Crippen molar-refractivity contribution >= 4 is 29.7 Å². The molecule has 3 N–H and O–H groups in total. The van der Waals surface area contributed by atoms with Crippen LogP contribution in [-0.4, -0.2) is 35.3 Å². The first-order valence-electron chi connectivity index (χ1n) is 12.2. The minimum absolute atomic E-state index is 0.0244. The van der Waals surface area contributed by atoms with Crippen LogP contribution in [0.15, 0.2) is 59.8 Å². The summed E-state index contributed by atoms with van der Waals surface area (Å²) in [6, 6.07) is 16.1. The minimum atomic E-state index is -0.778. The highest BCUT2D eigenvalue weighted by Crippen LogP contribution is 2.18. The van der Waals surface area contributed by atoms with Crippen LogP contribution >= 0.6 is 0 Å². The Hall–Kier alpha value is -4.21. The number of ether oxygens (including phenoxy) is 2. The number of hydrogen-bond acceptors (Lipinski definition) is 8. The molecule has 2 rings (SSSR count). The highest BCUT2D eigenvalue weighted by Gasteiger charge is 2.26. The highest BCUT2D eigenvalue weighted by atomic mass is 16.7. The van der Waals surface area contributed by atoms with E-state index in [0.29, 0.717) is 5.56 Å². The van der Waals surface area contributed by atoms with Crippen LogP contribution in [0.2, 0.25) is 0 Å². The van der Waals surface area contributed by atoms with Crippen molar-refractivity contribution in [1.29, 1.82) is 0 Å². The third-order valence-electron chi connectivity index (χ3n) is 5.13. The lowest BCUT2D eigenvalue weighted by Gasteiger charge is -2.22. The van der Waals surface area contributed by atoms with Crippen molar-refractivity contribution in [3.63, 3.8) is 0 Å². The molecule has 1 amide bonds. The largest absolute Gasteiger partial charge is 0.461 e. The molecule has 0 bridgehead atoms. The number of amidine groups is 1. The quantitative estimate of drug-likeness (QED) is 0.141. The van der Waals surface area contributed by atoms with Crippen LogP contribution in [0.1, 0.15) is 63.6 Å². The number of rotatable bonds is 12. The number of esters is 2. The van der Waals surface area contributed by atoms with Gasteiger partial charge in [0.15, 0.2) is 5.84 Å². The zero-order valence-electron chi connectivity index (χ0n) is 22.2. The Bertz CT molecular complexity index is 1120. The van der Waals surface area contributed by atoms with Crippen molar-refractivity contribution in [2.45, 2.75) is 65.7 Å². The van der Waals surface area contributed by atoms with Crippen LogP contribution < -0.4 is 11.1 Å². The number of nitrogens with two attached hydrogens (primary N) is 1. The van der Waals surface area contributed by atoms with Gasteiger partial charge in [0.25, 0.3) is 0 Å². The van der Waals surface area contributed by atoms with Crippen molar-refractivity contribution < 1.29 is 33.5 Å². The zero-order chi connectivity index (χ0) is 28.1. The predicted molar refractivity (Wildman–Crippen MR) is 140 cm³/mol. The van der Waals surface area contributed by atoms with Crippen LogP contribution in [0, 0.1) is 5.92 Å². The highest BCUT2D eigenvalue weighted by molar-refractivity contribution is 5.97. The zero-order valence-corrected chi connectivity index (χ0v) is 22.2. The topological polar surface area (TPSA) is 146 Å². The first-order valence-corrected chi connectivity index (χ1v) is 12.2. The molecule has 0 aliphatic carbocycles. The van der Waals surface area contributed by atoms with E-state index < -0.39 is 29.4 Å². The molecule has 0 spiro atoms. The van der Waals surface area contributed by atoms with E-state index in [0.717, 1.165) is 11.1 Å². The fourth-order valence-corrected chi connectivity index (χ4v) is 3.31. The molecule has 1 atom stereocenters. The second kappa shape index (κ2) is 14.5. The van der Waals surface area contributed by atoms with Crippen LogP contribution in [-0.2, 0) is 46.6 Å². The molecular weight excluding hydrogens is 490 g/mol. The van der Waals surface area contributed by atoms with Gasteiger partial charge in [0.05, 0.1) is 6.42 Å². The first-order chi connectivity index (χ1) is 17.9. The van der Waals surface area contributed by atoms with Crippen molar-refractivity contribution in [2.75, 3.05) is 0 Å². The number of nitrogens with one attached hydrogen (secondary N) is 1. The smallest absolute Gasteiger partial charge is 0.332 e. The molecule has 204 valence electrons. The maximum absolute atomic E-state index is 13.0. The summed E-state index contributed by atoms with van der Waals surface area (Å²) in [4.78, 5) is 53.1. The van der Waals surface area contributed by atoms with E-state index in [1.807, 2.05) is 30.3 Å². The van der Waals surface area contributed by atoms with Gasteiger partial charge in [-0.2, -0.15) is 0 Å². The average Bonchev–Trinajstić information content (AvgIpc) is 2.86. The van der Waals surface area contributed by atoms with Gasteiger partial charge in [0.2, 0.25) is 5.91 Å². The summed E-state index contributed by atoms with van der Waals surface area (Å²) in [5.41, 5.74) is 7.24. The Balaban J connectivity index is 1.96. The number of carbonyl (C=O) groups excluding carboxylic acids is 4. The summed E-state index contributed by atoms with van der Waals surface area (Å²) in [5, 5.41) is 6.34. The third kappa shape index (κ3) is 11.7. The molecule has 0 heterocycles. The van der Waals surface area contributed by atoms with Gasteiger partial charge in [-0.05, 0) is 38.3 Å². The minimum Gasteiger partial charge on any atom is -0.461 e. The number of amides is 1. The lowest BCUT2D eigenvalue weighted by Crippen LogP contribution is -2.34. The maximum atomic E-state index is 13.0. The van der Waals surface area contributed by atoms with Gasteiger partial charge in [0.1, 0.15) is 12.2 Å². The summed E-state index contributed by atoms with van der Waals surface area (Å²) in [6.07, 6.45) is -0.0682. The van der Waals surface area contributed by atoms with Crippen LogP contribution in [0.3, 0.4) is 0 Å². The van der Waals surface area contributed by atoms with E-state index in [4.69, 9.17) is 15.2 Å². The summed E-state index contributed by atoms with van der Waals surface area (Å²) in [7, 11) is 0. The van der Waals surface area contributed by atoms with Gasteiger partial charge in [-0.25, -0.2) is 4.79 Å². The lowest BCUT2D eigenvalue weighted by molar-refractivity contribution is -0.158. The Morgan fingerprint density at radius 2 is 1.61 bits per heavy atom. The van der Waals surface area contributed by atoms with E-state index in [1.165, 1.54) is 6.92 Å². The average molecular weight is 526 g/mol. The summed E-state index contributed by atoms with van der Waals surface area (Å²) >= 11 is 0. The molecule has 38 heavy (non-hydrogen) atoms. The van der Waals surface area contributed by atoms with Gasteiger partial charge < -0.3 is 25.4 Å². The summed E-state index contributed by atoms with van der Waals surface area (Å²) in [6.45, 7) is 6.77. The van der Waals surface area contributed by atoms with Crippen molar-refractivity contribution in [3.05, 3.63) is 71.3 Å². The Kier molecular flexibility index (Phi) is 11.5. The molecule has 2 aromatic rings. The SMILES string of the molecule is CC(=O)O/N=C(/N)c1ccc(CNC(=O)[C@H](CCC(=O)OCc2ccccc2)CC(=O)OC(C)(C)C)cc1. The van der Waals surface area contributed by atoms with Gasteiger partial charge in [-0.1, -0.05) is 59.8 Å². The molecule has 0 unspecified atom stereocenters. The van der Waals surface area contributed by atoms with Gasteiger partial charge in [0, 0.05) is 31.4 Å². The monoisotopic (exact) mass is 525 g/mol. The first kappa shape index (κ1) is 30.0. The molecule has 2 aromatic carbocycles. The Morgan fingerprint density at radius 3 is 2.21 bits per heavy atom. The molecule has 0 aliphatic rings. The maximum Gasteiger partial charge on any atom is 0.332 e. The van der Waals surface area contributed by atoms with Crippen molar-refractivity contribution in [1.82, 2.24) is 5.32 Å². The van der Waals surface area contributed by atoms with E-state index in [1.54, 1.807) is 45.0 Å². The molecule has 10 nitrogen and oxygen atoms in total. The van der Waals surface area contributed by atoms with E-state index >= 15 is 0 Å². The van der Waals surface area contributed by atoms with Crippen LogP contribution in [0.4, 0.5) is 0 Å². The third-order valence-corrected chi connectivity index (χ3v) is 5.13. The molecule has 0 aromatic heterocycles. The number of hydrogen-bond donors (Lipinski definition) is 2. The molecular formula is C28H35N3O7. The second-order valence-corrected chi connectivity index (χ2v) is 9.65.